The van der Waals surface area contributed by atoms with Crippen LogP contribution in [0.15, 0.2) is 63.3 Å². The van der Waals surface area contributed by atoms with E-state index in [1.54, 1.807) is 18.4 Å². The second kappa shape index (κ2) is 8.37. The molecule has 0 atom stereocenters. The number of halogens is 1. The van der Waals surface area contributed by atoms with Crippen LogP contribution in [0.25, 0.3) is 11.6 Å². The minimum atomic E-state index is -0.118. The third kappa shape index (κ3) is 4.25. The molecule has 6 nitrogen and oxygen atoms in total. The fourth-order valence-corrected chi connectivity index (χ4v) is 3.66. The molecule has 1 N–H and O–H groups in total. The Labute approximate surface area is 163 Å². The van der Waals surface area contributed by atoms with Crippen LogP contribution in [0.3, 0.4) is 0 Å². The van der Waals surface area contributed by atoms with Crippen molar-refractivity contribution in [2.45, 2.75) is 18.6 Å². The van der Waals surface area contributed by atoms with Crippen molar-refractivity contribution in [3.8, 4) is 11.6 Å². The van der Waals surface area contributed by atoms with E-state index in [0.29, 0.717) is 23.3 Å². The molecule has 0 unspecified atom stereocenters. The van der Waals surface area contributed by atoms with Crippen molar-refractivity contribution < 1.29 is 9.21 Å². The molecule has 0 spiro atoms. The molecule has 1 aromatic carbocycles. The highest BCUT2D eigenvalue weighted by atomic mass is 79.9. The molecule has 2 heterocycles. The predicted octanol–water partition coefficient (Wildman–Crippen LogP) is 4.53. The van der Waals surface area contributed by atoms with E-state index in [2.05, 4.69) is 38.0 Å². The van der Waals surface area contributed by atoms with Crippen LogP contribution < -0.4 is 5.32 Å². The number of benzene rings is 1. The number of hydrogen-bond donors (Lipinski definition) is 1. The van der Waals surface area contributed by atoms with Crippen molar-refractivity contribution in [2.75, 3.05) is 11.1 Å². The van der Waals surface area contributed by atoms with Gasteiger partial charge in [0.2, 0.25) is 11.7 Å². The largest absolute Gasteiger partial charge is 0.461 e. The molecule has 0 saturated carbocycles. The van der Waals surface area contributed by atoms with E-state index >= 15 is 0 Å². The van der Waals surface area contributed by atoms with E-state index < -0.39 is 0 Å². The molecule has 0 aliphatic carbocycles. The number of hydrogen-bond acceptors (Lipinski definition) is 5. The molecule has 26 heavy (non-hydrogen) atoms. The summed E-state index contributed by atoms with van der Waals surface area (Å²) >= 11 is 4.77. The van der Waals surface area contributed by atoms with Gasteiger partial charge in [0.25, 0.3) is 0 Å². The third-order valence-corrected chi connectivity index (χ3v) is 5.12. The molecule has 2 aromatic heterocycles. The monoisotopic (exact) mass is 432 g/mol. The topological polar surface area (TPSA) is 73.0 Å². The number of carbonyl (C=O) groups excluding carboxylic acids is 1. The molecular weight excluding hydrogens is 416 g/mol. The lowest BCUT2D eigenvalue weighted by atomic mass is 10.2. The zero-order valence-electron chi connectivity index (χ0n) is 14.1. The maximum absolute atomic E-state index is 12.3. The van der Waals surface area contributed by atoms with E-state index in [-0.39, 0.29) is 11.7 Å². The van der Waals surface area contributed by atoms with Crippen molar-refractivity contribution in [3.63, 3.8) is 0 Å². The van der Waals surface area contributed by atoms with Crippen molar-refractivity contribution in [1.82, 2.24) is 14.8 Å². The molecule has 134 valence electrons. The second-order valence-corrected chi connectivity index (χ2v) is 7.30. The molecule has 3 rings (SSSR count). The quantitative estimate of drug-likeness (QED) is 0.438. The molecule has 1 amide bonds. The average molecular weight is 433 g/mol. The zero-order valence-corrected chi connectivity index (χ0v) is 16.5. The number of allylic oxidation sites excluding steroid dienone is 1. The molecule has 0 aliphatic heterocycles. The van der Waals surface area contributed by atoms with E-state index in [0.717, 1.165) is 15.7 Å². The summed E-state index contributed by atoms with van der Waals surface area (Å²) in [4.78, 5) is 12.3. The summed E-state index contributed by atoms with van der Waals surface area (Å²) in [7, 11) is 0. The Morgan fingerprint density at radius 2 is 2.27 bits per heavy atom. The fourth-order valence-electron chi connectivity index (χ4n) is 2.32. The Morgan fingerprint density at radius 1 is 1.42 bits per heavy atom. The summed E-state index contributed by atoms with van der Waals surface area (Å²) < 4.78 is 8.12. The van der Waals surface area contributed by atoms with Crippen LogP contribution in [-0.2, 0) is 11.3 Å². The number of amides is 1. The van der Waals surface area contributed by atoms with Gasteiger partial charge in [-0.05, 0) is 52.7 Å². The number of furan rings is 1. The SMILES string of the molecule is C=CCn1c(SCC(=O)Nc2ccc(C)cc2Br)nnc1-c1ccco1. The van der Waals surface area contributed by atoms with E-state index in [1.807, 2.05) is 35.8 Å². The van der Waals surface area contributed by atoms with Gasteiger partial charge in [0.1, 0.15) is 0 Å². The summed E-state index contributed by atoms with van der Waals surface area (Å²) in [6, 6.07) is 9.39. The fraction of sp³-hybridized carbons (Fsp3) is 0.167. The Kier molecular flexibility index (Phi) is 5.95. The standard InChI is InChI=1S/C18H17BrN4O2S/c1-3-8-23-17(15-5-4-9-25-15)21-22-18(23)26-11-16(24)20-14-7-6-12(2)10-13(14)19/h3-7,9-10H,1,8,11H2,2H3,(H,20,24). The van der Waals surface area contributed by atoms with E-state index in [4.69, 9.17) is 4.42 Å². The van der Waals surface area contributed by atoms with Gasteiger partial charge in [0.15, 0.2) is 10.9 Å². The van der Waals surface area contributed by atoms with Gasteiger partial charge in [-0.2, -0.15) is 0 Å². The maximum Gasteiger partial charge on any atom is 0.234 e. The minimum Gasteiger partial charge on any atom is -0.461 e. The van der Waals surface area contributed by atoms with Gasteiger partial charge in [-0.1, -0.05) is 23.9 Å². The normalized spacial score (nSPS) is 10.7. The van der Waals surface area contributed by atoms with Gasteiger partial charge < -0.3 is 9.73 Å². The molecule has 8 heteroatoms. The van der Waals surface area contributed by atoms with Crippen molar-refractivity contribution >= 4 is 39.3 Å². The van der Waals surface area contributed by atoms with Crippen LogP contribution >= 0.6 is 27.7 Å². The van der Waals surface area contributed by atoms with Crippen molar-refractivity contribution in [1.29, 1.82) is 0 Å². The third-order valence-electron chi connectivity index (χ3n) is 3.50. The maximum atomic E-state index is 12.3. The summed E-state index contributed by atoms with van der Waals surface area (Å²) in [5.74, 6) is 1.33. The van der Waals surface area contributed by atoms with Gasteiger partial charge in [-0.3, -0.25) is 9.36 Å². The molecule has 0 saturated heterocycles. The summed E-state index contributed by atoms with van der Waals surface area (Å²) in [6.45, 7) is 6.29. The van der Waals surface area contributed by atoms with Gasteiger partial charge in [0.05, 0.1) is 17.7 Å². The lowest BCUT2D eigenvalue weighted by Gasteiger charge is -2.09. The van der Waals surface area contributed by atoms with E-state index in [9.17, 15) is 4.79 Å². The molecular formula is C18H17BrN4O2S. The Bertz CT molecular complexity index is 921. The van der Waals surface area contributed by atoms with Crippen molar-refractivity contribution in [2.24, 2.45) is 0 Å². The second-order valence-electron chi connectivity index (χ2n) is 5.50. The number of thioether (sulfide) groups is 1. The highest BCUT2D eigenvalue weighted by Crippen LogP contribution is 2.26. The minimum absolute atomic E-state index is 0.118. The number of carbonyl (C=O) groups is 1. The molecule has 3 aromatic rings. The van der Waals surface area contributed by atoms with Crippen LogP contribution in [0.2, 0.25) is 0 Å². The number of aromatic nitrogens is 3. The number of anilines is 1. The lowest BCUT2D eigenvalue weighted by molar-refractivity contribution is -0.113. The lowest BCUT2D eigenvalue weighted by Crippen LogP contribution is -2.15. The number of nitrogens with one attached hydrogen (secondary N) is 1. The highest BCUT2D eigenvalue weighted by Gasteiger charge is 2.16. The molecule has 0 fully saturated rings. The van der Waals surface area contributed by atoms with Crippen LogP contribution in [0.4, 0.5) is 5.69 Å². The highest BCUT2D eigenvalue weighted by molar-refractivity contribution is 9.10. The first-order valence-electron chi connectivity index (χ1n) is 7.85. The van der Waals surface area contributed by atoms with E-state index in [1.165, 1.54) is 11.8 Å². The van der Waals surface area contributed by atoms with Gasteiger partial charge >= 0.3 is 0 Å². The average Bonchev–Trinajstić information content (AvgIpc) is 3.26. The first-order chi connectivity index (χ1) is 12.6. The van der Waals surface area contributed by atoms with Gasteiger partial charge in [0, 0.05) is 11.0 Å². The van der Waals surface area contributed by atoms with Crippen LogP contribution in [0.1, 0.15) is 5.56 Å². The van der Waals surface area contributed by atoms with Crippen LogP contribution in [-0.4, -0.2) is 26.4 Å². The van der Waals surface area contributed by atoms with Crippen molar-refractivity contribution in [3.05, 3.63) is 59.3 Å². The first kappa shape index (κ1) is 18.5. The zero-order chi connectivity index (χ0) is 18.5. The summed E-state index contributed by atoms with van der Waals surface area (Å²) in [5, 5.41) is 11.9. The molecule has 0 bridgehead atoms. The first-order valence-corrected chi connectivity index (χ1v) is 9.63. The predicted molar refractivity (Wildman–Crippen MR) is 106 cm³/mol. The Balaban J connectivity index is 1.69. The number of rotatable bonds is 7. The van der Waals surface area contributed by atoms with Crippen LogP contribution in [0.5, 0.6) is 0 Å². The molecule has 0 aliphatic rings. The molecule has 0 radical (unpaired) electrons. The summed E-state index contributed by atoms with van der Waals surface area (Å²) in [6.07, 6.45) is 3.34. The Hall–Kier alpha value is -2.32. The number of aryl methyl sites for hydroxylation is 1. The van der Waals surface area contributed by atoms with Gasteiger partial charge in [-0.15, -0.1) is 16.8 Å². The van der Waals surface area contributed by atoms with Crippen LogP contribution in [0, 0.1) is 6.92 Å². The smallest absolute Gasteiger partial charge is 0.234 e. The summed E-state index contributed by atoms with van der Waals surface area (Å²) in [5.41, 5.74) is 1.86. The Morgan fingerprint density at radius 3 is 2.96 bits per heavy atom. The number of nitrogens with zero attached hydrogens (tertiary/aromatic N) is 3. The van der Waals surface area contributed by atoms with Gasteiger partial charge in [-0.25, -0.2) is 0 Å².